The van der Waals surface area contributed by atoms with Crippen LogP contribution in [0.2, 0.25) is 0 Å². The average molecular weight is 231 g/mol. The summed E-state index contributed by atoms with van der Waals surface area (Å²) in [6, 6.07) is 3.62. The Hall–Kier alpha value is -2.30. The van der Waals surface area contributed by atoms with Gasteiger partial charge in [-0.3, -0.25) is 9.78 Å². The summed E-state index contributed by atoms with van der Waals surface area (Å²) >= 11 is 0. The van der Waals surface area contributed by atoms with Crippen molar-refractivity contribution in [1.82, 2.24) is 4.98 Å². The van der Waals surface area contributed by atoms with Crippen LogP contribution in [0, 0.1) is 0 Å². The van der Waals surface area contributed by atoms with E-state index in [1.807, 2.05) is 6.07 Å². The fraction of sp³-hybridized carbons (Fsp3) is 0.167. The minimum absolute atomic E-state index is 0.0516. The van der Waals surface area contributed by atoms with Crippen LogP contribution in [0.4, 0.5) is 0 Å². The maximum atomic E-state index is 10.8. The Morgan fingerprint density at radius 2 is 2.06 bits per heavy atom. The zero-order chi connectivity index (χ0) is 11.8. The van der Waals surface area contributed by atoms with Crippen LogP contribution in [-0.4, -0.2) is 22.9 Å². The first-order chi connectivity index (χ1) is 8.24. The van der Waals surface area contributed by atoms with Gasteiger partial charge in [-0.2, -0.15) is 0 Å². The summed E-state index contributed by atoms with van der Waals surface area (Å²) in [7, 11) is 0. The second-order valence-corrected chi connectivity index (χ2v) is 3.80. The van der Waals surface area contributed by atoms with Crippen LogP contribution in [0.25, 0.3) is 10.8 Å². The van der Waals surface area contributed by atoms with E-state index >= 15 is 0 Å². The van der Waals surface area contributed by atoms with Gasteiger partial charge in [-0.1, -0.05) is 0 Å². The van der Waals surface area contributed by atoms with Gasteiger partial charge in [0.2, 0.25) is 6.79 Å². The Bertz CT molecular complexity index is 609. The summed E-state index contributed by atoms with van der Waals surface area (Å²) in [5, 5.41) is 10.5. The van der Waals surface area contributed by atoms with Crippen LogP contribution in [-0.2, 0) is 11.2 Å². The molecule has 5 heteroatoms. The molecule has 2 heterocycles. The van der Waals surface area contributed by atoms with Gasteiger partial charge in [0.05, 0.1) is 6.42 Å². The van der Waals surface area contributed by atoms with Crippen LogP contribution in [0.5, 0.6) is 11.5 Å². The van der Waals surface area contributed by atoms with Crippen LogP contribution >= 0.6 is 0 Å². The van der Waals surface area contributed by atoms with Gasteiger partial charge < -0.3 is 14.6 Å². The molecule has 5 nitrogen and oxygen atoms in total. The van der Waals surface area contributed by atoms with E-state index in [-0.39, 0.29) is 13.2 Å². The normalized spacial score (nSPS) is 12.9. The summed E-state index contributed by atoms with van der Waals surface area (Å²) in [4.78, 5) is 14.8. The lowest BCUT2D eigenvalue weighted by Crippen LogP contribution is -2.01. The van der Waals surface area contributed by atoms with Crippen molar-refractivity contribution in [1.29, 1.82) is 0 Å². The van der Waals surface area contributed by atoms with E-state index in [9.17, 15) is 4.79 Å². The van der Waals surface area contributed by atoms with Crippen molar-refractivity contribution in [3.63, 3.8) is 0 Å². The first-order valence-electron chi connectivity index (χ1n) is 5.12. The summed E-state index contributed by atoms with van der Waals surface area (Å²) in [6.07, 6.45) is 3.20. The molecule has 86 valence electrons. The highest BCUT2D eigenvalue weighted by molar-refractivity contribution is 5.90. The lowest BCUT2D eigenvalue weighted by molar-refractivity contribution is -0.136. The van der Waals surface area contributed by atoms with Gasteiger partial charge in [-0.25, -0.2) is 0 Å². The fourth-order valence-corrected chi connectivity index (χ4v) is 1.92. The van der Waals surface area contributed by atoms with E-state index in [1.54, 1.807) is 18.5 Å². The van der Waals surface area contributed by atoms with Crippen LogP contribution in [0.15, 0.2) is 24.5 Å². The number of carbonyl (C=O) groups is 1. The van der Waals surface area contributed by atoms with Gasteiger partial charge in [0.25, 0.3) is 0 Å². The Balaban J connectivity index is 2.20. The quantitative estimate of drug-likeness (QED) is 0.849. The third-order valence-corrected chi connectivity index (χ3v) is 2.68. The molecule has 0 aliphatic carbocycles. The van der Waals surface area contributed by atoms with Gasteiger partial charge in [0.1, 0.15) is 0 Å². The number of aromatic nitrogens is 1. The maximum absolute atomic E-state index is 10.8. The monoisotopic (exact) mass is 231 g/mol. The number of fused-ring (bicyclic) bond motifs is 2. The zero-order valence-electron chi connectivity index (χ0n) is 8.84. The first-order valence-corrected chi connectivity index (χ1v) is 5.12. The number of carboxylic acid groups (broad SMARTS) is 1. The molecular formula is C12H9NO4. The zero-order valence-corrected chi connectivity index (χ0v) is 8.84. The molecule has 0 saturated heterocycles. The van der Waals surface area contributed by atoms with E-state index < -0.39 is 5.97 Å². The highest BCUT2D eigenvalue weighted by Crippen LogP contribution is 2.36. The first kappa shape index (κ1) is 9.89. The molecule has 0 saturated carbocycles. The molecule has 2 aromatic rings. The number of nitrogens with zero attached hydrogens (tertiary/aromatic N) is 1. The predicted octanol–water partition coefficient (Wildman–Crippen LogP) is 1.59. The SMILES string of the molecule is O=C(O)Cc1cncc2cc3c(cc12)OCO3. The lowest BCUT2D eigenvalue weighted by atomic mass is 10.0. The number of carboxylic acids is 1. The summed E-state index contributed by atoms with van der Waals surface area (Å²) in [5.41, 5.74) is 0.674. The molecule has 0 unspecified atom stereocenters. The van der Waals surface area contributed by atoms with Crippen molar-refractivity contribution in [2.24, 2.45) is 0 Å². The minimum atomic E-state index is -0.878. The molecular weight excluding hydrogens is 222 g/mol. The molecule has 1 N–H and O–H groups in total. The molecule has 0 bridgehead atoms. The van der Waals surface area contributed by atoms with Crippen LogP contribution in [0.1, 0.15) is 5.56 Å². The largest absolute Gasteiger partial charge is 0.481 e. The van der Waals surface area contributed by atoms with Gasteiger partial charge in [-0.05, 0) is 23.1 Å². The van der Waals surface area contributed by atoms with Gasteiger partial charge >= 0.3 is 5.97 Å². The summed E-state index contributed by atoms with van der Waals surface area (Å²) in [6.45, 7) is 0.202. The van der Waals surface area contributed by atoms with Crippen LogP contribution in [0.3, 0.4) is 0 Å². The Morgan fingerprint density at radius 1 is 1.29 bits per heavy atom. The molecule has 0 amide bonds. The van der Waals surface area contributed by atoms with Gasteiger partial charge in [0.15, 0.2) is 11.5 Å². The second kappa shape index (κ2) is 3.62. The average Bonchev–Trinajstić information content (AvgIpc) is 2.73. The van der Waals surface area contributed by atoms with Crippen molar-refractivity contribution < 1.29 is 19.4 Å². The van der Waals surface area contributed by atoms with E-state index in [0.29, 0.717) is 17.1 Å². The number of benzene rings is 1. The smallest absolute Gasteiger partial charge is 0.307 e. The molecule has 17 heavy (non-hydrogen) atoms. The van der Waals surface area contributed by atoms with Gasteiger partial charge in [0, 0.05) is 17.8 Å². The van der Waals surface area contributed by atoms with Crippen LogP contribution < -0.4 is 9.47 Å². The standard InChI is InChI=1S/C12H9NO4/c14-12(15)2-8-5-13-4-7-1-10-11(3-9(7)8)17-6-16-10/h1,3-5H,2,6H2,(H,14,15). The Morgan fingerprint density at radius 3 is 2.82 bits per heavy atom. The lowest BCUT2D eigenvalue weighted by Gasteiger charge is -2.05. The third-order valence-electron chi connectivity index (χ3n) is 2.68. The Kier molecular flexibility index (Phi) is 2.11. The molecule has 1 aliphatic heterocycles. The predicted molar refractivity (Wildman–Crippen MR) is 59.2 cm³/mol. The molecule has 1 aliphatic rings. The number of pyridine rings is 1. The summed E-state index contributed by atoms with van der Waals surface area (Å²) in [5.74, 6) is 0.444. The maximum Gasteiger partial charge on any atom is 0.307 e. The molecule has 0 radical (unpaired) electrons. The minimum Gasteiger partial charge on any atom is -0.481 e. The van der Waals surface area contributed by atoms with E-state index in [1.165, 1.54) is 0 Å². The molecule has 0 fully saturated rings. The Labute approximate surface area is 96.6 Å². The van der Waals surface area contributed by atoms with Crippen molar-refractivity contribution >= 4 is 16.7 Å². The van der Waals surface area contributed by atoms with E-state index in [2.05, 4.69) is 4.98 Å². The van der Waals surface area contributed by atoms with Crippen molar-refractivity contribution in [3.8, 4) is 11.5 Å². The third kappa shape index (κ3) is 1.65. The highest BCUT2D eigenvalue weighted by Gasteiger charge is 2.16. The second-order valence-electron chi connectivity index (χ2n) is 3.80. The molecule has 3 rings (SSSR count). The summed E-state index contributed by atoms with van der Waals surface area (Å²) < 4.78 is 10.5. The number of rotatable bonds is 2. The molecule has 1 aromatic carbocycles. The molecule has 1 aromatic heterocycles. The number of ether oxygens (including phenoxy) is 2. The highest BCUT2D eigenvalue weighted by atomic mass is 16.7. The number of hydrogen-bond donors (Lipinski definition) is 1. The number of aliphatic carboxylic acids is 1. The van der Waals surface area contributed by atoms with Crippen molar-refractivity contribution in [2.75, 3.05) is 6.79 Å². The van der Waals surface area contributed by atoms with Crippen molar-refractivity contribution in [3.05, 3.63) is 30.1 Å². The van der Waals surface area contributed by atoms with Crippen molar-refractivity contribution in [2.45, 2.75) is 6.42 Å². The topological polar surface area (TPSA) is 68.7 Å². The fourth-order valence-electron chi connectivity index (χ4n) is 1.92. The van der Waals surface area contributed by atoms with E-state index in [0.717, 1.165) is 10.8 Å². The number of hydrogen-bond acceptors (Lipinski definition) is 4. The van der Waals surface area contributed by atoms with E-state index in [4.69, 9.17) is 14.6 Å². The van der Waals surface area contributed by atoms with Gasteiger partial charge in [-0.15, -0.1) is 0 Å². The molecule has 0 atom stereocenters. The molecule has 0 spiro atoms.